The highest BCUT2D eigenvalue weighted by Crippen LogP contribution is 2.64. The van der Waals surface area contributed by atoms with E-state index in [9.17, 15) is 22.9 Å². The van der Waals surface area contributed by atoms with Crippen molar-refractivity contribution in [3.05, 3.63) is 53.8 Å². The van der Waals surface area contributed by atoms with Crippen LogP contribution < -0.4 is 10.6 Å². The number of hydrogen-bond donors (Lipinski definition) is 2. The molecule has 0 aromatic heterocycles. The molecule has 2 aromatic carbocycles. The third-order valence-electron chi connectivity index (χ3n) is 7.65. The largest absolute Gasteiger partial charge is 0.339 e. The molecule has 2 bridgehead atoms. The van der Waals surface area contributed by atoms with Gasteiger partial charge in [0.05, 0.1) is 17.0 Å². The molecule has 8 heteroatoms. The molecule has 1 amide bonds. The van der Waals surface area contributed by atoms with Crippen molar-refractivity contribution in [3.63, 3.8) is 0 Å². The topological polar surface area (TPSA) is 99.1 Å². The zero-order chi connectivity index (χ0) is 23.5. The number of rotatable bonds is 6. The van der Waals surface area contributed by atoms with E-state index in [2.05, 4.69) is 23.6 Å². The number of sulfone groups is 1. The van der Waals surface area contributed by atoms with Crippen LogP contribution in [0, 0.1) is 40.8 Å². The summed E-state index contributed by atoms with van der Waals surface area (Å²) in [6.45, 7) is 2.23. The smallest absolute Gasteiger partial charge is 0.238 e. The number of nitrogens with zero attached hydrogens (tertiary/aromatic N) is 1. The van der Waals surface area contributed by atoms with Crippen LogP contribution in [0.5, 0.6) is 0 Å². The molecule has 3 fully saturated rings. The summed E-state index contributed by atoms with van der Waals surface area (Å²) in [7, 11) is -3.37. The van der Waals surface area contributed by atoms with E-state index in [1.54, 1.807) is 24.3 Å². The predicted octanol–water partition coefficient (Wildman–Crippen LogP) is 2.69. The minimum atomic E-state index is -3.37. The molecule has 1 heterocycles. The average molecular weight is 468 g/mol. The summed E-state index contributed by atoms with van der Waals surface area (Å²) in [6.07, 6.45) is 2.20. The Hall–Kier alpha value is -2.76. The van der Waals surface area contributed by atoms with Gasteiger partial charge in [0.25, 0.3) is 0 Å². The fourth-order valence-corrected chi connectivity index (χ4v) is 6.68. The van der Waals surface area contributed by atoms with Gasteiger partial charge in [-0.2, -0.15) is 5.26 Å². The molecule has 3 aliphatic rings. The van der Waals surface area contributed by atoms with Crippen LogP contribution in [-0.2, 0) is 21.1 Å². The number of carbonyl (C=O) groups excluding carboxylic acids is 1. The van der Waals surface area contributed by atoms with Gasteiger partial charge in [-0.3, -0.25) is 4.79 Å². The molecule has 2 aromatic rings. The minimum absolute atomic E-state index is 0.0566. The summed E-state index contributed by atoms with van der Waals surface area (Å²) in [5.74, 6) is 1.61. The lowest BCUT2D eigenvalue weighted by molar-refractivity contribution is -0.124. The lowest BCUT2D eigenvalue weighted by Gasteiger charge is -2.23. The molecule has 172 valence electrons. The fraction of sp³-hybridized carbons (Fsp3) is 0.440. The average Bonchev–Trinajstić information content (AvgIpc) is 3.13. The van der Waals surface area contributed by atoms with Gasteiger partial charge in [0, 0.05) is 18.7 Å². The number of hydrogen-bond acceptors (Lipinski definition) is 5. The Morgan fingerprint density at radius 1 is 1.24 bits per heavy atom. The predicted molar refractivity (Wildman–Crippen MR) is 121 cm³/mol. The van der Waals surface area contributed by atoms with Crippen molar-refractivity contribution in [3.8, 4) is 17.2 Å². The number of benzene rings is 2. The van der Waals surface area contributed by atoms with Gasteiger partial charge in [-0.25, -0.2) is 12.8 Å². The van der Waals surface area contributed by atoms with Crippen molar-refractivity contribution in [1.29, 1.82) is 5.26 Å². The SMILES string of the molecule is CC1C2C1[C@H]1C[C@@H]2N[C@@H]1C(=O)N[C@H](C#N)Cc1ccc(-c2cccc(S(C)(=O)=O)c2)cc1F. The maximum absolute atomic E-state index is 14.9. The highest BCUT2D eigenvalue weighted by molar-refractivity contribution is 7.90. The van der Waals surface area contributed by atoms with Gasteiger partial charge in [-0.1, -0.05) is 31.2 Å². The lowest BCUT2D eigenvalue weighted by Crippen LogP contribution is -2.51. The van der Waals surface area contributed by atoms with Crippen molar-refractivity contribution in [2.24, 2.45) is 23.7 Å². The summed E-state index contributed by atoms with van der Waals surface area (Å²) in [5, 5.41) is 15.8. The third kappa shape index (κ3) is 3.94. The number of nitrogens with one attached hydrogen (secondary N) is 2. The first-order valence-corrected chi connectivity index (χ1v) is 13.1. The number of nitriles is 1. The van der Waals surface area contributed by atoms with Gasteiger partial charge < -0.3 is 10.6 Å². The Labute approximate surface area is 193 Å². The van der Waals surface area contributed by atoms with E-state index in [4.69, 9.17) is 0 Å². The van der Waals surface area contributed by atoms with Crippen LogP contribution in [0.25, 0.3) is 11.1 Å². The van der Waals surface area contributed by atoms with E-state index in [1.807, 2.05) is 0 Å². The summed E-state index contributed by atoms with van der Waals surface area (Å²) in [6, 6.07) is 12.3. The van der Waals surface area contributed by atoms with Gasteiger partial charge in [0.2, 0.25) is 5.91 Å². The van der Waals surface area contributed by atoms with E-state index >= 15 is 0 Å². The minimum Gasteiger partial charge on any atom is -0.339 e. The molecular weight excluding hydrogens is 441 g/mol. The molecule has 2 N–H and O–H groups in total. The van der Waals surface area contributed by atoms with Gasteiger partial charge in [-0.05, 0) is 65.0 Å². The molecule has 2 aliphatic carbocycles. The van der Waals surface area contributed by atoms with E-state index in [0.29, 0.717) is 46.4 Å². The number of carbonyl (C=O) groups is 1. The molecule has 5 rings (SSSR count). The van der Waals surface area contributed by atoms with Crippen molar-refractivity contribution in [1.82, 2.24) is 10.6 Å². The second kappa shape index (κ2) is 7.93. The van der Waals surface area contributed by atoms with E-state index in [1.165, 1.54) is 18.2 Å². The number of fused-ring (bicyclic) bond motifs is 5. The van der Waals surface area contributed by atoms with Gasteiger partial charge in [0.15, 0.2) is 9.84 Å². The van der Waals surface area contributed by atoms with Gasteiger partial charge >= 0.3 is 0 Å². The van der Waals surface area contributed by atoms with E-state index < -0.39 is 21.7 Å². The normalized spacial score (nSPS) is 30.4. The molecule has 3 unspecified atom stereocenters. The summed E-state index contributed by atoms with van der Waals surface area (Å²) in [4.78, 5) is 13.0. The Morgan fingerprint density at radius 3 is 2.67 bits per heavy atom. The van der Waals surface area contributed by atoms with Crippen LogP contribution in [0.1, 0.15) is 18.9 Å². The molecule has 0 radical (unpaired) electrons. The molecule has 2 saturated carbocycles. The molecular formula is C25H26FN3O3S. The highest BCUT2D eigenvalue weighted by atomic mass is 32.2. The van der Waals surface area contributed by atoms with Crippen LogP contribution in [0.4, 0.5) is 4.39 Å². The first-order valence-electron chi connectivity index (χ1n) is 11.2. The van der Waals surface area contributed by atoms with Gasteiger partial charge in [-0.15, -0.1) is 0 Å². The van der Waals surface area contributed by atoms with Crippen LogP contribution in [-0.4, -0.2) is 38.7 Å². The van der Waals surface area contributed by atoms with E-state index in [0.717, 1.165) is 12.7 Å². The molecule has 6 nitrogen and oxygen atoms in total. The third-order valence-corrected chi connectivity index (χ3v) is 8.76. The van der Waals surface area contributed by atoms with E-state index in [-0.39, 0.29) is 23.3 Å². The lowest BCUT2D eigenvalue weighted by atomic mass is 9.94. The van der Waals surface area contributed by atoms with Gasteiger partial charge in [0.1, 0.15) is 11.9 Å². The molecule has 1 aliphatic heterocycles. The van der Waals surface area contributed by atoms with Crippen LogP contribution >= 0.6 is 0 Å². The monoisotopic (exact) mass is 467 g/mol. The van der Waals surface area contributed by atoms with Crippen molar-refractivity contribution >= 4 is 15.7 Å². The molecule has 1 saturated heterocycles. The zero-order valence-electron chi connectivity index (χ0n) is 18.5. The highest BCUT2D eigenvalue weighted by Gasteiger charge is 2.67. The second-order valence-electron chi connectivity index (χ2n) is 9.66. The quantitative estimate of drug-likeness (QED) is 0.681. The number of halogens is 1. The Bertz CT molecular complexity index is 1270. The molecule has 33 heavy (non-hydrogen) atoms. The van der Waals surface area contributed by atoms with Crippen molar-refractivity contribution in [2.75, 3.05) is 6.26 Å². The van der Waals surface area contributed by atoms with Crippen molar-refractivity contribution in [2.45, 2.75) is 42.8 Å². The summed E-state index contributed by atoms with van der Waals surface area (Å²) >= 11 is 0. The number of amides is 1. The standard InChI is InChI=1S/C25H26FN3O3S/c1-13-22-19-11-21(23(13)22)29-24(19)25(30)28-17(12-27)8-16-7-6-15(10-20(16)26)14-4-3-5-18(9-14)33(2,31)32/h3-7,9-10,13,17,19,21-24,29H,8,11H2,1-2H3,(H,28,30)/t13?,17-,19+,21-,22?,23?,24-/m0/s1. The Morgan fingerprint density at radius 2 is 2.00 bits per heavy atom. The van der Waals surface area contributed by atoms with Crippen LogP contribution in [0.2, 0.25) is 0 Å². The first kappa shape index (κ1) is 22.1. The molecule has 7 atom stereocenters. The summed E-state index contributed by atoms with van der Waals surface area (Å²) < 4.78 is 38.5. The second-order valence-corrected chi connectivity index (χ2v) is 11.7. The van der Waals surface area contributed by atoms with Crippen LogP contribution in [0.3, 0.4) is 0 Å². The zero-order valence-corrected chi connectivity index (χ0v) is 19.3. The Kier molecular flexibility index (Phi) is 5.30. The maximum atomic E-state index is 14.9. The maximum Gasteiger partial charge on any atom is 0.238 e. The number of piperidine rings is 1. The fourth-order valence-electron chi connectivity index (χ4n) is 6.01. The van der Waals surface area contributed by atoms with Crippen LogP contribution in [0.15, 0.2) is 47.4 Å². The molecule has 0 spiro atoms. The summed E-state index contributed by atoms with van der Waals surface area (Å²) in [5.41, 5.74) is 1.45. The Balaban J connectivity index is 1.27. The first-order chi connectivity index (χ1) is 15.7. The van der Waals surface area contributed by atoms with Crippen molar-refractivity contribution < 1.29 is 17.6 Å².